The minimum atomic E-state index is -1.37. The van der Waals surface area contributed by atoms with Crippen LogP contribution >= 0.6 is 0 Å². The van der Waals surface area contributed by atoms with Crippen LogP contribution in [-0.2, 0) is 6.54 Å². The third-order valence-electron chi connectivity index (χ3n) is 4.13. The van der Waals surface area contributed by atoms with Crippen LogP contribution in [0.5, 0.6) is 0 Å². The number of hydrogen-bond donors (Lipinski definition) is 1. The first-order valence-corrected chi connectivity index (χ1v) is 8.08. The van der Waals surface area contributed by atoms with Crippen LogP contribution < -0.4 is 9.67 Å². The first-order valence-electron chi connectivity index (χ1n) is 8.08. The van der Waals surface area contributed by atoms with E-state index in [0.717, 1.165) is 6.54 Å². The SMILES string of the molecule is CC[n+]1cc[nH]c1.O=C([O-])c1ccc2c(c1)C(=O)c1ccccc1C2=O. The Morgan fingerprint density at radius 1 is 1.00 bits per heavy atom. The van der Waals surface area contributed by atoms with E-state index < -0.39 is 5.97 Å². The summed E-state index contributed by atoms with van der Waals surface area (Å²) in [7, 11) is 0. The van der Waals surface area contributed by atoms with Crippen molar-refractivity contribution in [3.8, 4) is 0 Å². The maximum absolute atomic E-state index is 12.3. The van der Waals surface area contributed by atoms with Crippen molar-refractivity contribution in [2.75, 3.05) is 0 Å². The van der Waals surface area contributed by atoms with Crippen LogP contribution in [0.4, 0.5) is 0 Å². The van der Waals surface area contributed by atoms with Gasteiger partial charge in [0.05, 0.1) is 12.5 Å². The molecule has 6 heteroatoms. The molecule has 1 aromatic heterocycles. The zero-order chi connectivity index (χ0) is 18.7. The van der Waals surface area contributed by atoms with Gasteiger partial charge in [-0.25, -0.2) is 4.57 Å². The molecule has 4 rings (SSSR count). The minimum absolute atomic E-state index is 0.112. The molecule has 0 saturated carbocycles. The number of aromatic amines is 1. The van der Waals surface area contributed by atoms with Crippen molar-refractivity contribution in [1.29, 1.82) is 0 Å². The Bertz CT molecular complexity index is 991. The number of aromatic nitrogens is 2. The maximum Gasteiger partial charge on any atom is 0.241 e. The molecule has 0 bridgehead atoms. The van der Waals surface area contributed by atoms with Crippen molar-refractivity contribution in [3.63, 3.8) is 0 Å². The molecule has 6 nitrogen and oxygen atoms in total. The van der Waals surface area contributed by atoms with Crippen molar-refractivity contribution in [2.45, 2.75) is 13.5 Å². The standard InChI is InChI=1S/C15H8O4.C5H8N2/c16-13-9-3-1-2-4-10(9)14(17)12-7-8(15(18)19)5-6-11(12)13;1-2-7-4-3-6-5-7/h1-7H,(H,18,19);3-5H,2H2,1H3. The van der Waals surface area contributed by atoms with E-state index in [1.165, 1.54) is 18.2 Å². The number of carbonyl (C=O) groups is 3. The zero-order valence-corrected chi connectivity index (χ0v) is 14.1. The lowest BCUT2D eigenvalue weighted by Gasteiger charge is -2.18. The summed E-state index contributed by atoms with van der Waals surface area (Å²) in [5.74, 6) is -1.98. The summed E-state index contributed by atoms with van der Waals surface area (Å²) in [6, 6.07) is 10.3. The molecule has 0 amide bonds. The highest BCUT2D eigenvalue weighted by Crippen LogP contribution is 2.27. The molecule has 0 aliphatic heterocycles. The molecule has 1 N–H and O–H groups in total. The molecule has 0 spiro atoms. The molecular weight excluding hydrogens is 332 g/mol. The number of nitrogens with zero attached hydrogens (tertiary/aromatic N) is 1. The molecular formula is C20H16N2O4. The fraction of sp³-hybridized carbons (Fsp3) is 0.100. The van der Waals surface area contributed by atoms with Crippen molar-refractivity contribution in [1.82, 2.24) is 4.98 Å². The predicted octanol–water partition coefficient (Wildman–Crippen LogP) is 1.15. The summed E-state index contributed by atoms with van der Waals surface area (Å²) in [5.41, 5.74) is 0.884. The molecule has 130 valence electrons. The Hall–Kier alpha value is -3.54. The van der Waals surface area contributed by atoms with Gasteiger partial charge in [-0.2, -0.15) is 0 Å². The van der Waals surface area contributed by atoms with Crippen molar-refractivity contribution in [3.05, 3.63) is 89.0 Å². The quantitative estimate of drug-likeness (QED) is 0.550. The lowest BCUT2D eigenvalue weighted by molar-refractivity contribution is -0.692. The second-order valence-corrected chi connectivity index (χ2v) is 5.69. The number of carbonyl (C=O) groups excluding carboxylic acids is 3. The number of imidazole rings is 1. The number of H-pyrrole nitrogens is 1. The molecule has 0 saturated heterocycles. The van der Waals surface area contributed by atoms with Gasteiger partial charge in [-0.3, -0.25) is 14.6 Å². The highest BCUT2D eigenvalue weighted by Gasteiger charge is 2.29. The fourth-order valence-electron chi connectivity index (χ4n) is 2.74. The number of aromatic carboxylic acids is 1. The van der Waals surface area contributed by atoms with E-state index >= 15 is 0 Å². The van der Waals surface area contributed by atoms with Crippen molar-refractivity contribution < 1.29 is 24.1 Å². The number of benzene rings is 2. The lowest BCUT2D eigenvalue weighted by Crippen LogP contribution is -2.27. The van der Waals surface area contributed by atoms with Gasteiger partial charge >= 0.3 is 0 Å². The van der Waals surface area contributed by atoms with Crippen LogP contribution in [0.15, 0.2) is 61.2 Å². The Morgan fingerprint density at radius 3 is 2.12 bits per heavy atom. The monoisotopic (exact) mass is 348 g/mol. The highest BCUT2D eigenvalue weighted by atomic mass is 16.4. The number of aryl methyl sites for hydroxylation is 1. The second kappa shape index (κ2) is 7.14. The summed E-state index contributed by atoms with van der Waals surface area (Å²) in [6.07, 6.45) is 5.84. The first-order chi connectivity index (χ1) is 12.5. The Kier molecular flexibility index (Phi) is 4.75. The van der Waals surface area contributed by atoms with E-state index in [9.17, 15) is 19.5 Å². The molecule has 0 fully saturated rings. The van der Waals surface area contributed by atoms with Crippen LogP contribution in [0.2, 0.25) is 0 Å². The Morgan fingerprint density at radius 2 is 1.62 bits per heavy atom. The number of fused-ring (bicyclic) bond motifs is 2. The van der Waals surface area contributed by atoms with Gasteiger partial charge in [0.25, 0.3) is 0 Å². The topological polar surface area (TPSA) is 93.9 Å². The van der Waals surface area contributed by atoms with Gasteiger partial charge in [-0.1, -0.05) is 30.3 Å². The van der Waals surface area contributed by atoms with Gasteiger partial charge < -0.3 is 9.90 Å². The molecule has 1 heterocycles. The van der Waals surface area contributed by atoms with E-state index in [1.807, 2.05) is 18.7 Å². The van der Waals surface area contributed by atoms with E-state index in [1.54, 1.807) is 24.3 Å². The molecule has 3 aromatic rings. The minimum Gasteiger partial charge on any atom is -0.545 e. The highest BCUT2D eigenvalue weighted by molar-refractivity contribution is 6.28. The van der Waals surface area contributed by atoms with E-state index in [-0.39, 0.29) is 28.3 Å². The van der Waals surface area contributed by atoms with Gasteiger partial charge in [-0.15, -0.1) is 0 Å². The van der Waals surface area contributed by atoms with Gasteiger partial charge in [0.1, 0.15) is 12.4 Å². The van der Waals surface area contributed by atoms with Crippen LogP contribution in [0.3, 0.4) is 0 Å². The summed E-state index contributed by atoms with van der Waals surface area (Å²) in [6.45, 7) is 3.15. The lowest BCUT2D eigenvalue weighted by atomic mass is 9.83. The van der Waals surface area contributed by atoms with Crippen molar-refractivity contribution in [2.24, 2.45) is 0 Å². The van der Waals surface area contributed by atoms with Crippen LogP contribution in [-0.4, -0.2) is 22.5 Å². The summed E-state index contributed by atoms with van der Waals surface area (Å²) >= 11 is 0. The smallest absolute Gasteiger partial charge is 0.241 e. The molecule has 0 atom stereocenters. The third kappa shape index (κ3) is 3.17. The molecule has 0 unspecified atom stereocenters. The molecule has 2 aromatic carbocycles. The number of rotatable bonds is 2. The van der Waals surface area contributed by atoms with Gasteiger partial charge in [-0.05, 0) is 24.6 Å². The van der Waals surface area contributed by atoms with E-state index in [0.29, 0.717) is 11.1 Å². The molecule has 1 aliphatic rings. The number of carboxylic acids is 1. The molecule has 26 heavy (non-hydrogen) atoms. The normalized spacial score (nSPS) is 11.9. The van der Waals surface area contributed by atoms with Crippen molar-refractivity contribution >= 4 is 17.5 Å². The zero-order valence-electron chi connectivity index (χ0n) is 14.1. The number of ketones is 2. The van der Waals surface area contributed by atoms with Crippen LogP contribution in [0.25, 0.3) is 0 Å². The summed E-state index contributed by atoms with van der Waals surface area (Å²) < 4.78 is 2.07. The average molecular weight is 348 g/mol. The summed E-state index contributed by atoms with van der Waals surface area (Å²) in [4.78, 5) is 38.2. The fourth-order valence-corrected chi connectivity index (χ4v) is 2.74. The second-order valence-electron chi connectivity index (χ2n) is 5.69. The van der Waals surface area contributed by atoms with Crippen LogP contribution in [0, 0.1) is 0 Å². The van der Waals surface area contributed by atoms with E-state index in [2.05, 4.69) is 16.5 Å². The van der Waals surface area contributed by atoms with Gasteiger partial charge in [0.15, 0.2) is 11.6 Å². The average Bonchev–Trinajstić information content (AvgIpc) is 3.20. The van der Waals surface area contributed by atoms with Gasteiger partial charge in [0.2, 0.25) is 6.33 Å². The number of nitrogens with one attached hydrogen (secondary N) is 1. The molecule has 0 radical (unpaired) electrons. The Balaban J connectivity index is 0.000000236. The predicted molar refractivity (Wildman–Crippen MR) is 90.7 cm³/mol. The largest absolute Gasteiger partial charge is 0.545 e. The van der Waals surface area contributed by atoms with E-state index in [4.69, 9.17) is 0 Å². The number of carboxylic acid groups (broad SMARTS) is 1. The Labute approximate surface area is 149 Å². The van der Waals surface area contributed by atoms with Crippen LogP contribution in [0.1, 0.15) is 49.1 Å². The third-order valence-corrected chi connectivity index (χ3v) is 4.13. The van der Waals surface area contributed by atoms with Gasteiger partial charge in [0, 0.05) is 22.3 Å². The first kappa shape index (κ1) is 17.3. The molecule has 1 aliphatic carbocycles. The number of hydrogen-bond acceptors (Lipinski definition) is 4. The maximum atomic E-state index is 12.3. The summed E-state index contributed by atoms with van der Waals surface area (Å²) in [5, 5.41) is 10.8.